The minimum absolute atomic E-state index is 0.0277. The Morgan fingerprint density at radius 1 is 1.32 bits per heavy atom. The van der Waals surface area contributed by atoms with Crippen LogP contribution in [0.4, 0.5) is 0 Å². The molecule has 0 aliphatic rings. The molecule has 0 aromatic heterocycles. The molecule has 0 spiro atoms. The second-order valence-corrected chi connectivity index (χ2v) is 7.09. The molecule has 1 aromatic rings. The molecule has 7 heteroatoms. The zero-order valence-corrected chi connectivity index (χ0v) is 16.0. The summed E-state index contributed by atoms with van der Waals surface area (Å²) in [4.78, 5) is 5.90. The van der Waals surface area contributed by atoms with Crippen molar-refractivity contribution in [2.75, 3.05) is 13.6 Å². The van der Waals surface area contributed by atoms with Crippen LogP contribution in [0.2, 0.25) is 0 Å². The predicted octanol–water partition coefficient (Wildman–Crippen LogP) is 2.85. The Bertz CT molecular complexity index is 737. The molecule has 6 nitrogen and oxygen atoms in total. The van der Waals surface area contributed by atoms with E-state index in [1.54, 1.807) is 30.2 Å². The summed E-state index contributed by atoms with van der Waals surface area (Å²) in [5.74, 6) is -0.0277. The maximum atomic E-state index is 12.2. The normalized spacial score (nSPS) is 14.1. The van der Waals surface area contributed by atoms with Crippen LogP contribution in [0.1, 0.15) is 25.8 Å². The smallest absolute Gasteiger partial charge is 0.339 e. The van der Waals surface area contributed by atoms with Gasteiger partial charge in [0.2, 0.25) is 6.35 Å². The third-order valence-electron chi connectivity index (χ3n) is 3.52. The summed E-state index contributed by atoms with van der Waals surface area (Å²) >= 11 is 0. The molecule has 1 atom stereocenters. The van der Waals surface area contributed by atoms with Crippen molar-refractivity contribution in [3.05, 3.63) is 54.3 Å². The van der Waals surface area contributed by atoms with Crippen molar-refractivity contribution >= 4 is 15.8 Å². The average Bonchev–Trinajstić information content (AvgIpc) is 2.57. The summed E-state index contributed by atoms with van der Waals surface area (Å²) < 4.78 is 29.4. The van der Waals surface area contributed by atoms with Gasteiger partial charge in [-0.05, 0) is 51.2 Å². The fourth-order valence-corrected chi connectivity index (χ4v) is 2.68. The van der Waals surface area contributed by atoms with E-state index in [4.69, 9.17) is 4.18 Å². The van der Waals surface area contributed by atoms with Crippen LogP contribution in [-0.4, -0.2) is 44.1 Å². The highest BCUT2D eigenvalue weighted by Crippen LogP contribution is 2.16. The van der Waals surface area contributed by atoms with Gasteiger partial charge >= 0.3 is 10.1 Å². The molecular formula is C18H26N2O4S. The van der Waals surface area contributed by atoms with Gasteiger partial charge < -0.3 is 9.29 Å². The maximum absolute atomic E-state index is 12.2. The van der Waals surface area contributed by atoms with E-state index < -0.39 is 16.5 Å². The fraction of sp³-hybridized carbons (Fsp3) is 0.389. The number of rotatable bonds is 9. The lowest BCUT2D eigenvalue weighted by Crippen LogP contribution is -2.30. The lowest BCUT2D eigenvalue weighted by atomic mass is 10.2. The highest BCUT2D eigenvalue weighted by molar-refractivity contribution is 7.86. The quantitative estimate of drug-likeness (QED) is 0.239. The van der Waals surface area contributed by atoms with Gasteiger partial charge in [0.05, 0.1) is 0 Å². The van der Waals surface area contributed by atoms with Crippen molar-refractivity contribution in [2.45, 2.75) is 38.4 Å². The number of benzene rings is 1. The maximum Gasteiger partial charge on any atom is 0.339 e. The van der Waals surface area contributed by atoms with Crippen molar-refractivity contribution in [3.63, 3.8) is 0 Å². The van der Waals surface area contributed by atoms with Gasteiger partial charge in [-0.3, -0.25) is 4.90 Å². The third-order valence-corrected chi connectivity index (χ3v) is 4.81. The monoisotopic (exact) mass is 366 g/mol. The Labute approximate surface area is 150 Å². The topological polar surface area (TPSA) is 79.2 Å². The standard InChI is InChI=1S/C18H26N2O4S/c1-6-16(19-18(21)20(5)7-2)11-10-15(4)24-25(22,23)17-12-8-14(3)9-13-17/h8-13,18,21H,4,6-7H2,1-3,5H3/b11-10-,19-16?. The molecule has 1 aromatic carbocycles. The molecular weight excluding hydrogens is 340 g/mol. The van der Waals surface area contributed by atoms with E-state index in [0.29, 0.717) is 18.7 Å². The van der Waals surface area contributed by atoms with Crippen molar-refractivity contribution in [2.24, 2.45) is 4.99 Å². The largest absolute Gasteiger partial charge is 0.380 e. The predicted molar refractivity (Wildman–Crippen MR) is 99.8 cm³/mol. The molecule has 0 heterocycles. The summed E-state index contributed by atoms with van der Waals surface area (Å²) in [5, 5.41) is 9.90. The van der Waals surface area contributed by atoms with Crippen LogP contribution in [-0.2, 0) is 14.3 Å². The molecule has 0 aliphatic carbocycles. The van der Waals surface area contributed by atoms with Crippen LogP contribution in [0.3, 0.4) is 0 Å². The number of nitrogens with zero attached hydrogens (tertiary/aromatic N) is 2. The minimum Gasteiger partial charge on any atom is -0.380 e. The highest BCUT2D eigenvalue weighted by Gasteiger charge is 2.16. The molecule has 0 amide bonds. The zero-order valence-electron chi connectivity index (χ0n) is 15.1. The van der Waals surface area contributed by atoms with Gasteiger partial charge in [-0.2, -0.15) is 8.42 Å². The average molecular weight is 366 g/mol. The number of hydrogen-bond acceptors (Lipinski definition) is 6. The van der Waals surface area contributed by atoms with Crippen molar-refractivity contribution in [1.82, 2.24) is 4.90 Å². The highest BCUT2D eigenvalue weighted by atomic mass is 32.2. The van der Waals surface area contributed by atoms with Gasteiger partial charge in [0.1, 0.15) is 10.7 Å². The molecule has 1 unspecified atom stereocenters. The lowest BCUT2D eigenvalue weighted by Gasteiger charge is -2.18. The van der Waals surface area contributed by atoms with Crippen LogP contribution in [0.15, 0.2) is 58.6 Å². The van der Waals surface area contributed by atoms with E-state index in [-0.39, 0.29) is 10.7 Å². The van der Waals surface area contributed by atoms with Crippen LogP contribution in [0.25, 0.3) is 0 Å². The first kappa shape index (κ1) is 21.1. The van der Waals surface area contributed by atoms with Gasteiger partial charge in [-0.1, -0.05) is 38.1 Å². The molecule has 1 rings (SSSR count). The van der Waals surface area contributed by atoms with Crippen LogP contribution in [0.5, 0.6) is 0 Å². The summed E-state index contributed by atoms with van der Waals surface area (Å²) in [6.45, 7) is 9.91. The number of aryl methyl sites for hydroxylation is 1. The van der Waals surface area contributed by atoms with E-state index >= 15 is 0 Å². The molecule has 0 saturated carbocycles. The molecule has 0 bridgehead atoms. The molecule has 25 heavy (non-hydrogen) atoms. The molecule has 0 radical (unpaired) electrons. The van der Waals surface area contributed by atoms with E-state index in [1.165, 1.54) is 18.2 Å². The van der Waals surface area contributed by atoms with Gasteiger partial charge in [0, 0.05) is 5.71 Å². The summed E-state index contributed by atoms with van der Waals surface area (Å²) in [6.07, 6.45) is 2.63. The van der Waals surface area contributed by atoms with E-state index in [9.17, 15) is 13.5 Å². The fourth-order valence-electron chi connectivity index (χ4n) is 1.77. The van der Waals surface area contributed by atoms with Gasteiger partial charge in [0.15, 0.2) is 0 Å². The first-order valence-electron chi connectivity index (χ1n) is 8.02. The number of aliphatic hydroxyl groups excluding tert-OH is 1. The van der Waals surface area contributed by atoms with E-state index in [1.807, 2.05) is 20.8 Å². The van der Waals surface area contributed by atoms with Gasteiger partial charge in [-0.15, -0.1) is 0 Å². The number of allylic oxidation sites excluding steroid dienone is 2. The van der Waals surface area contributed by atoms with Gasteiger partial charge in [-0.25, -0.2) is 4.99 Å². The number of aliphatic hydroxyl groups is 1. The lowest BCUT2D eigenvalue weighted by molar-refractivity contribution is 0.0341. The van der Waals surface area contributed by atoms with E-state index in [0.717, 1.165) is 5.56 Å². The van der Waals surface area contributed by atoms with Crippen molar-refractivity contribution in [3.8, 4) is 0 Å². The summed E-state index contributed by atoms with van der Waals surface area (Å²) in [5.41, 5.74) is 1.56. The minimum atomic E-state index is -3.92. The van der Waals surface area contributed by atoms with E-state index in [2.05, 4.69) is 11.6 Å². The first-order valence-corrected chi connectivity index (χ1v) is 9.43. The van der Waals surface area contributed by atoms with Crippen molar-refractivity contribution in [1.29, 1.82) is 0 Å². The Morgan fingerprint density at radius 2 is 1.92 bits per heavy atom. The third kappa shape index (κ3) is 6.81. The Balaban J connectivity index is 2.81. The zero-order chi connectivity index (χ0) is 19.0. The Hall–Kier alpha value is -1.96. The van der Waals surface area contributed by atoms with Crippen molar-refractivity contribution < 1.29 is 17.7 Å². The first-order chi connectivity index (χ1) is 11.7. The Kier molecular flexibility index (Phi) is 8.02. The van der Waals surface area contributed by atoms with Crippen LogP contribution in [0, 0.1) is 6.92 Å². The second-order valence-electron chi connectivity index (χ2n) is 5.54. The van der Waals surface area contributed by atoms with Crippen LogP contribution >= 0.6 is 0 Å². The summed E-state index contributed by atoms with van der Waals surface area (Å²) in [7, 11) is -2.17. The number of hydrogen-bond donors (Lipinski definition) is 1. The molecule has 0 saturated heterocycles. The van der Waals surface area contributed by atoms with Gasteiger partial charge in [0.25, 0.3) is 0 Å². The number of aliphatic imine (C=N–C) groups is 1. The Morgan fingerprint density at radius 3 is 2.44 bits per heavy atom. The molecule has 1 N–H and O–H groups in total. The molecule has 138 valence electrons. The van der Waals surface area contributed by atoms with Crippen LogP contribution < -0.4 is 0 Å². The second kappa shape index (κ2) is 9.50. The molecule has 0 aliphatic heterocycles. The SMILES string of the molecule is C=C(/C=C\C(CC)=NC(O)N(C)CC)OS(=O)(=O)c1ccc(C)cc1. The molecule has 0 fully saturated rings. The summed E-state index contributed by atoms with van der Waals surface area (Å²) in [6, 6.07) is 6.36.